The molecule has 0 amide bonds. The molecule has 0 aliphatic carbocycles. The Morgan fingerprint density at radius 3 is 2.38 bits per heavy atom. The third-order valence-corrected chi connectivity index (χ3v) is 4.16. The number of benzene rings is 1. The van der Waals surface area contributed by atoms with Crippen LogP contribution in [-0.2, 0) is 14.3 Å². The Hall–Kier alpha value is -1.92. The van der Waals surface area contributed by atoms with Crippen LogP contribution in [0.25, 0.3) is 0 Å². The lowest BCUT2D eigenvalue weighted by Crippen LogP contribution is -2.47. The second-order valence-corrected chi connectivity index (χ2v) is 7.31. The molecule has 132 valence electrons. The molecule has 24 heavy (non-hydrogen) atoms. The van der Waals surface area contributed by atoms with E-state index in [4.69, 9.17) is 10.5 Å². The second-order valence-electron chi connectivity index (χ2n) is 7.31. The van der Waals surface area contributed by atoms with Crippen LogP contribution >= 0.6 is 0 Å². The van der Waals surface area contributed by atoms with Crippen molar-refractivity contribution in [3.8, 4) is 0 Å². The van der Waals surface area contributed by atoms with Gasteiger partial charge in [-0.15, -0.1) is 0 Å². The van der Waals surface area contributed by atoms with Crippen molar-refractivity contribution in [1.82, 2.24) is 4.90 Å². The number of aryl methyl sites for hydroxylation is 1. The van der Waals surface area contributed by atoms with Gasteiger partial charge in [-0.3, -0.25) is 14.5 Å². The average molecular weight is 334 g/mol. The number of carboxylic acids is 1. The van der Waals surface area contributed by atoms with Gasteiger partial charge in [0.05, 0.1) is 12.1 Å². The van der Waals surface area contributed by atoms with Crippen LogP contribution in [0.2, 0.25) is 0 Å². The molecule has 1 aliphatic heterocycles. The molecule has 0 aromatic heterocycles. The lowest BCUT2D eigenvalue weighted by Gasteiger charge is -2.30. The van der Waals surface area contributed by atoms with Crippen LogP contribution in [0.4, 0.5) is 0 Å². The Balaban J connectivity index is 2.19. The molecule has 1 aromatic rings. The molecule has 0 saturated carbocycles. The van der Waals surface area contributed by atoms with Gasteiger partial charge in [-0.05, 0) is 39.7 Å². The number of nitrogens with two attached hydrogens (primary N) is 1. The summed E-state index contributed by atoms with van der Waals surface area (Å²) in [5.41, 5.74) is 7.34. The van der Waals surface area contributed by atoms with Crippen LogP contribution in [0.15, 0.2) is 24.3 Å². The fourth-order valence-corrected chi connectivity index (χ4v) is 3.00. The number of ether oxygens (including phenoxy) is 1. The molecule has 0 spiro atoms. The van der Waals surface area contributed by atoms with Gasteiger partial charge >= 0.3 is 11.9 Å². The lowest BCUT2D eigenvalue weighted by molar-refractivity contribution is -0.161. The maximum Gasteiger partial charge on any atom is 0.325 e. The fraction of sp³-hybridized carbons (Fsp3) is 0.556. The Labute approximate surface area is 142 Å². The topological polar surface area (TPSA) is 92.9 Å². The normalized spacial score (nSPS) is 23.0. The maximum atomic E-state index is 12.3. The standard InChI is InChI=1S/C18H26N2O4/c1-11-5-7-12(8-6-11)14(16(21)22)20-10-9-13(15(20)19)17(23)24-18(2,3)4/h5-8,13-15H,9-10,19H2,1-4H3,(H,21,22)/t13-,14+,15-/m0/s1. The van der Waals surface area contributed by atoms with E-state index in [2.05, 4.69) is 0 Å². The van der Waals surface area contributed by atoms with Crippen LogP contribution in [-0.4, -0.2) is 40.3 Å². The van der Waals surface area contributed by atoms with Gasteiger partial charge in [0, 0.05) is 6.54 Å². The van der Waals surface area contributed by atoms with Crippen molar-refractivity contribution in [2.24, 2.45) is 11.7 Å². The zero-order valence-corrected chi connectivity index (χ0v) is 14.7. The maximum absolute atomic E-state index is 12.3. The molecule has 1 aromatic carbocycles. The number of carbonyl (C=O) groups is 2. The van der Waals surface area contributed by atoms with E-state index in [1.807, 2.05) is 19.1 Å². The average Bonchev–Trinajstić information content (AvgIpc) is 2.81. The summed E-state index contributed by atoms with van der Waals surface area (Å²) in [5.74, 6) is -1.86. The van der Waals surface area contributed by atoms with Crippen molar-refractivity contribution >= 4 is 11.9 Å². The van der Waals surface area contributed by atoms with Crippen LogP contribution in [0.5, 0.6) is 0 Å². The zero-order chi connectivity index (χ0) is 18.1. The smallest absolute Gasteiger partial charge is 0.325 e. The Morgan fingerprint density at radius 2 is 1.88 bits per heavy atom. The molecular weight excluding hydrogens is 308 g/mol. The Morgan fingerprint density at radius 1 is 1.29 bits per heavy atom. The van der Waals surface area contributed by atoms with Crippen LogP contribution < -0.4 is 5.73 Å². The minimum Gasteiger partial charge on any atom is -0.480 e. The molecule has 0 radical (unpaired) electrons. The highest BCUT2D eigenvalue weighted by atomic mass is 16.6. The predicted octanol–water partition coefficient (Wildman–Crippen LogP) is 2.07. The van der Waals surface area contributed by atoms with Gasteiger partial charge in [-0.1, -0.05) is 29.8 Å². The third kappa shape index (κ3) is 4.13. The number of hydrogen-bond acceptors (Lipinski definition) is 5. The summed E-state index contributed by atoms with van der Waals surface area (Å²) >= 11 is 0. The first-order valence-electron chi connectivity index (χ1n) is 8.14. The van der Waals surface area contributed by atoms with Crippen LogP contribution in [0.3, 0.4) is 0 Å². The SMILES string of the molecule is Cc1ccc([C@H](C(=O)O)N2CC[C@H](C(=O)OC(C)(C)C)[C@H]2N)cc1. The number of hydrogen-bond donors (Lipinski definition) is 2. The first-order chi connectivity index (χ1) is 11.1. The first kappa shape index (κ1) is 18.4. The number of nitrogens with zero attached hydrogens (tertiary/aromatic N) is 1. The molecule has 1 fully saturated rings. The molecule has 0 bridgehead atoms. The van der Waals surface area contributed by atoms with E-state index in [1.165, 1.54) is 0 Å². The fourth-order valence-electron chi connectivity index (χ4n) is 3.00. The number of carboxylic acid groups (broad SMARTS) is 1. The van der Waals surface area contributed by atoms with E-state index in [9.17, 15) is 14.7 Å². The first-order valence-corrected chi connectivity index (χ1v) is 8.14. The zero-order valence-electron chi connectivity index (χ0n) is 14.7. The summed E-state index contributed by atoms with van der Waals surface area (Å²) in [7, 11) is 0. The van der Waals surface area contributed by atoms with E-state index < -0.39 is 29.7 Å². The highest BCUT2D eigenvalue weighted by Crippen LogP contribution is 2.32. The molecule has 1 heterocycles. The largest absolute Gasteiger partial charge is 0.480 e. The number of likely N-dealkylation sites (tertiary alicyclic amines) is 1. The van der Waals surface area contributed by atoms with Gasteiger partial charge in [0.2, 0.25) is 0 Å². The van der Waals surface area contributed by atoms with Gasteiger partial charge < -0.3 is 15.6 Å². The quantitative estimate of drug-likeness (QED) is 0.819. The molecule has 1 saturated heterocycles. The van der Waals surface area contributed by atoms with Crippen molar-refractivity contribution < 1.29 is 19.4 Å². The lowest BCUT2D eigenvalue weighted by atomic mass is 10.0. The number of esters is 1. The van der Waals surface area contributed by atoms with Crippen molar-refractivity contribution in [3.63, 3.8) is 0 Å². The molecular formula is C18H26N2O4. The van der Waals surface area contributed by atoms with Gasteiger partial charge in [0.25, 0.3) is 0 Å². The summed E-state index contributed by atoms with van der Waals surface area (Å²) in [5, 5.41) is 9.67. The second kappa shape index (κ2) is 6.91. The molecule has 6 nitrogen and oxygen atoms in total. The summed E-state index contributed by atoms with van der Waals surface area (Å²) < 4.78 is 5.41. The van der Waals surface area contributed by atoms with E-state index in [0.717, 1.165) is 5.56 Å². The van der Waals surface area contributed by atoms with Crippen molar-refractivity contribution in [3.05, 3.63) is 35.4 Å². The molecule has 6 heteroatoms. The summed E-state index contributed by atoms with van der Waals surface area (Å²) in [6.07, 6.45) is -0.187. The van der Waals surface area contributed by atoms with Crippen LogP contribution in [0.1, 0.15) is 44.4 Å². The molecule has 1 aliphatic rings. The minimum absolute atomic E-state index is 0.370. The predicted molar refractivity (Wildman–Crippen MR) is 90.2 cm³/mol. The highest BCUT2D eigenvalue weighted by Gasteiger charge is 2.43. The van der Waals surface area contributed by atoms with Crippen molar-refractivity contribution in [1.29, 1.82) is 0 Å². The number of aliphatic carboxylic acids is 1. The van der Waals surface area contributed by atoms with Gasteiger partial charge in [0.1, 0.15) is 11.6 Å². The molecule has 0 unspecified atom stereocenters. The Bertz CT molecular complexity index is 606. The monoisotopic (exact) mass is 334 g/mol. The highest BCUT2D eigenvalue weighted by molar-refractivity contribution is 5.77. The summed E-state index contributed by atoms with van der Waals surface area (Å²) in [4.78, 5) is 25.8. The van der Waals surface area contributed by atoms with Crippen LogP contribution in [0, 0.1) is 12.8 Å². The number of rotatable bonds is 4. The van der Waals surface area contributed by atoms with Gasteiger partial charge in [-0.25, -0.2) is 0 Å². The van der Waals surface area contributed by atoms with E-state index in [1.54, 1.807) is 37.8 Å². The number of carbonyl (C=O) groups excluding carboxylic acids is 1. The molecule has 2 rings (SSSR count). The molecule has 3 atom stereocenters. The minimum atomic E-state index is -0.973. The molecule has 3 N–H and O–H groups in total. The van der Waals surface area contributed by atoms with Crippen molar-refractivity contribution in [2.75, 3.05) is 6.54 Å². The Kier molecular flexibility index (Phi) is 5.30. The van der Waals surface area contributed by atoms with E-state index in [-0.39, 0.29) is 5.97 Å². The van der Waals surface area contributed by atoms with Gasteiger partial charge in [-0.2, -0.15) is 0 Å². The van der Waals surface area contributed by atoms with E-state index in [0.29, 0.717) is 18.5 Å². The summed E-state index contributed by atoms with van der Waals surface area (Å²) in [6.45, 7) is 7.79. The van der Waals surface area contributed by atoms with Crippen molar-refractivity contribution in [2.45, 2.75) is 51.9 Å². The van der Waals surface area contributed by atoms with E-state index >= 15 is 0 Å². The van der Waals surface area contributed by atoms with Gasteiger partial charge in [0.15, 0.2) is 0 Å². The third-order valence-electron chi connectivity index (χ3n) is 4.16. The summed E-state index contributed by atoms with van der Waals surface area (Å²) in [6, 6.07) is 6.47.